The predicted octanol–water partition coefficient (Wildman–Crippen LogP) is 5.50. The molecular formula is C27H25NO4. The standard InChI is InChI=1S/C27H25NO4/c1-18-12-15-24(31-2)23(16-18)28-26(29)25(20-9-4-3-5-10-20)32-27(30)22-14-13-19-8-6-7-11-21(19)17-22/h3-6,8-10,12-17,25H,7,11H2,1-2H3,(H,28,29). The summed E-state index contributed by atoms with van der Waals surface area (Å²) in [5.41, 5.74) is 4.73. The van der Waals surface area contributed by atoms with Crippen molar-refractivity contribution in [3.8, 4) is 5.75 Å². The number of hydrogen-bond donors (Lipinski definition) is 1. The summed E-state index contributed by atoms with van der Waals surface area (Å²) in [4.78, 5) is 26.2. The van der Waals surface area contributed by atoms with Gasteiger partial charge in [-0.1, -0.05) is 54.6 Å². The molecule has 1 N–H and O–H groups in total. The zero-order chi connectivity index (χ0) is 22.5. The lowest BCUT2D eigenvalue weighted by molar-refractivity contribution is -0.125. The summed E-state index contributed by atoms with van der Waals surface area (Å²) < 4.78 is 11.1. The molecule has 5 nitrogen and oxygen atoms in total. The van der Waals surface area contributed by atoms with Crippen LogP contribution in [0.25, 0.3) is 6.08 Å². The van der Waals surface area contributed by atoms with Gasteiger partial charge in [-0.05, 0) is 60.7 Å². The van der Waals surface area contributed by atoms with E-state index in [1.54, 1.807) is 31.4 Å². The van der Waals surface area contributed by atoms with Gasteiger partial charge in [0.2, 0.25) is 6.10 Å². The number of allylic oxidation sites excluding steroid dienone is 1. The van der Waals surface area contributed by atoms with E-state index in [9.17, 15) is 9.59 Å². The highest BCUT2D eigenvalue weighted by atomic mass is 16.5. The van der Waals surface area contributed by atoms with E-state index >= 15 is 0 Å². The number of carbonyl (C=O) groups excluding carboxylic acids is 2. The van der Waals surface area contributed by atoms with E-state index in [1.807, 2.05) is 49.4 Å². The average molecular weight is 428 g/mol. The molecule has 0 aliphatic heterocycles. The van der Waals surface area contributed by atoms with Crippen LogP contribution in [0.4, 0.5) is 5.69 Å². The molecule has 0 saturated carbocycles. The first-order valence-electron chi connectivity index (χ1n) is 10.6. The molecule has 1 unspecified atom stereocenters. The molecule has 0 saturated heterocycles. The van der Waals surface area contributed by atoms with Crippen LogP contribution in [-0.2, 0) is 16.0 Å². The second-order valence-corrected chi connectivity index (χ2v) is 7.74. The summed E-state index contributed by atoms with van der Waals surface area (Å²) in [7, 11) is 1.54. The number of rotatable bonds is 6. The smallest absolute Gasteiger partial charge is 0.339 e. The molecule has 32 heavy (non-hydrogen) atoms. The Hall–Kier alpha value is -3.86. The summed E-state index contributed by atoms with van der Waals surface area (Å²) in [5.74, 6) is -0.457. The lowest BCUT2D eigenvalue weighted by Gasteiger charge is -2.20. The molecule has 1 atom stereocenters. The second kappa shape index (κ2) is 9.52. The van der Waals surface area contributed by atoms with Crippen LogP contribution in [-0.4, -0.2) is 19.0 Å². The van der Waals surface area contributed by atoms with Gasteiger partial charge in [0, 0.05) is 5.56 Å². The summed E-state index contributed by atoms with van der Waals surface area (Å²) in [6.45, 7) is 1.93. The second-order valence-electron chi connectivity index (χ2n) is 7.74. The number of anilines is 1. The van der Waals surface area contributed by atoms with Gasteiger partial charge in [-0.25, -0.2) is 4.79 Å². The highest BCUT2D eigenvalue weighted by Crippen LogP contribution is 2.28. The Labute approximate surface area is 187 Å². The molecule has 1 aliphatic rings. The van der Waals surface area contributed by atoms with Crippen molar-refractivity contribution in [2.75, 3.05) is 12.4 Å². The normalized spacial score (nSPS) is 13.1. The third-order valence-electron chi connectivity index (χ3n) is 5.43. The van der Waals surface area contributed by atoms with Gasteiger partial charge in [0.05, 0.1) is 18.4 Å². The third kappa shape index (κ3) is 4.72. The Balaban J connectivity index is 1.60. The van der Waals surface area contributed by atoms with E-state index in [-0.39, 0.29) is 0 Å². The fourth-order valence-electron chi connectivity index (χ4n) is 3.75. The number of esters is 1. The highest BCUT2D eigenvalue weighted by molar-refractivity contribution is 5.99. The molecule has 0 bridgehead atoms. The molecule has 4 rings (SSSR count). The van der Waals surface area contributed by atoms with Crippen LogP contribution in [0.3, 0.4) is 0 Å². The van der Waals surface area contributed by atoms with E-state index < -0.39 is 18.0 Å². The summed E-state index contributed by atoms with van der Waals surface area (Å²) in [6.07, 6.45) is 4.89. The molecule has 162 valence electrons. The van der Waals surface area contributed by atoms with Crippen molar-refractivity contribution < 1.29 is 19.1 Å². The zero-order valence-electron chi connectivity index (χ0n) is 18.1. The lowest BCUT2D eigenvalue weighted by Crippen LogP contribution is -2.26. The fourth-order valence-corrected chi connectivity index (χ4v) is 3.75. The van der Waals surface area contributed by atoms with Gasteiger partial charge >= 0.3 is 5.97 Å². The van der Waals surface area contributed by atoms with Crippen LogP contribution < -0.4 is 10.1 Å². The van der Waals surface area contributed by atoms with Crippen molar-refractivity contribution in [3.63, 3.8) is 0 Å². The molecule has 0 heterocycles. The number of amides is 1. The summed E-state index contributed by atoms with van der Waals surface area (Å²) in [6, 6.07) is 20.0. The molecule has 1 aliphatic carbocycles. The molecule has 0 spiro atoms. The van der Waals surface area contributed by atoms with Gasteiger partial charge in [0.1, 0.15) is 5.75 Å². The molecule has 3 aromatic rings. The van der Waals surface area contributed by atoms with Crippen LogP contribution in [0, 0.1) is 6.92 Å². The number of methoxy groups -OCH3 is 1. The van der Waals surface area contributed by atoms with Gasteiger partial charge in [-0.15, -0.1) is 0 Å². The van der Waals surface area contributed by atoms with Gasteiger partial charge in [0.15, 0.2) is 0 Å². The minimum absolute atomic E-state index is 0.431. The Morgan fingerprint density at radius 1 is 1.00 bits per heavy atom. The van der Waals surface area contributed by atoms with Crippen molar-refractivity contribution in [3.05, 3.63) is 101 Å². The van der Waals surface area contributed by atoms with Crippen molar-refractivity contribution in [2.24, 2.45) is 0 Å². The van der Waals surface area contributed by atoms with Crippen molar-refractivity contribution >= 4 is 23.6 Å². The minimum Gasteiger partial charge on any atom is -0.495 e. The topological polar surface area (TPSA) is 64.6 Å². The Morgan fingerprint density at radius 3 is 2.59 bits per heavy atom. The van der Waals surface area contributed by atoms with Crippen LogP contribution in [0.15, 0.2) is 72.8 Å². The molecule has 0 aromatic heterocycles. The molecule has 1 amide bonds. The molecular weight excluding hydrogens is 402 g/mol. The monoisotopic (exact) mass is 427 g/mol. The molecule has 5 heteroatoms. The van der Waals surface area contributed by atoms with Crippen LogP contribution in [0.5, 0.6) is 5.75 Å². The number of carbonyl (C=O) groups is 2. The van der Waals surface area contributed by atoms with E-state index in [0.29, 0.717) is 22.6 Å². The van der Waals surface area contributed by atoms with E-state index in [0.717, 1.165) is 29.5 Å². The zero-order valence-corrected chi connectivity index (χ0v) is 18.1. The van der Waals surface area contributed by atoms with Gasteiger partial charge in [-0.3, -0.25) is 4.79 Å². The van der Waals surface area contributed by atoms with E-state index in [2.05, 4.69) is 17.5 Å². The first-order valence-corrected chi connectivity index (χ1v) is 10.6. The first kappa shape index (κ1) is 21.4. The first-order chi connectivity index (χ1) is 15.5. The Morgan fingerprint density at radius 2 is 1.81 bits per heavy atom. The third-order valence-corrected chi connectivity index (χ3v) is 5.43. The molecule has 3 aromatic carbocycles. The number of ether oxygens (including phenoxy) is 2. The molecule has 0 radical (unpaired) electrons. The van der Waals surface area contributed by atoms with E-state index in [1.165, 1.54) is 0 Å². The highest BCUT2D eigenvalue weighted by Gasteiger charge is 2.27. The maximum absolute atomic E-state index is 13.2. The van der Waals surface area contributed by atoms with E-state index in [4.69, 9.17) is 9.47 Å². The number of benzene rings is 3. The van der Waals surface area contributed by atoms with Crippen LogP contribution in [0.2, 0.25) is 0 Å². The number of fused-ring (bicyclic) bond motifs is 1. The van der Waals surface area contributed by atoms with Gasteiger partial charge in [-0.2, -0.15) is 0 Å². The van der Waals surface area contributed by atoms with Gasteiger partial charge in [0.25, 0.3) is 5.91 Å². The maximum Gasteiger partial charge on any atom is 0.339 e. The maximum atomic E-state index is 13.2. The number of aryl methyl sites for hydroxylation is 2. The van der Waals surface area contributed by atoms with Crippen LogP contribution in [0.1, 0.15) is 45.1 Å². The fraction of sp³-hybridized carbons (Fsp3) is 0.185. The predicted molar refractivity (Wildman–Crippen MR) is 125 cm³/mol. The number of nitrogens with one attached hydrogen (secondary N) is 1. The van der Waals surface area contributed by atoms with Gasteiger partial charge < -0.3 is 14.8 Å². The Kier molecular flexibility index (Phi) is 6.36. The van der Waals surface area contributed by atoms with Crippen molar-refractivity contribution in [2.45, 2.75) is 25.9 Å². The summed E-state index contributed by atoms with van der Waals surface area (Å²) >= 11 is 0. The van der Waals surface area contributed by atoms with Crippen molar-refractivity contribution in [1.82, 2.24) is 0 Å². The lowest BCUT2D eigenvalue weighted by atomic mass is 9.95. The average Bonchev–Trinajstić information content (AvgIpc) is 2.82. The van der Waals surface area contributed by atoms with Crippen LogP contribution >= 0.6 is 0 Å². The summed E-state index contributed by atoms with van der Waals surface area (Å²) in [5, 5.41) is 2.86. The largest absolute Gasteiger partial charge is 0.495 e. The quantitative estimate of drug-likeness (QED) is 0.528. The SMILES string of the molecule is COc1ccc(C)cc1NC(=O)C(OC(=O)c1ccc2c(c1)CCC=C2)c1ccccc1. The number of hydrogen-bond acceptors (Lipinski definition) is 4. The Bertz CT molecular complexity index is 1170. The van der Waals surface area contributed by atoms with Crippen molar-refractivity contribution in [1.29, 1.82) is 0 Å². The minimum atomic E-state index is -1.11. The molecule has 0 fully saturated rings.